The average Bonchev–Trinajstić information content (AvgIpc) is 2.83. The van der Waals surface area contributed by atoms with Gasteiger partial charge in [0.15, 0.2) is 0 Å². The quantitative estimate of drug-likeness (QED) is 0.185. The molecule has 0 spiro atoms. The smallest absolute Gasteiger partial charge is 0.408 e. The molecule has 9 nitrogen and oxygen atoms in total. The molecule has 6 N–H and O–H groups in total. The molecule has 0 bridgehead atoms. The molecule has 0 aliphatic heterocycles. The Bertz CT molecular complexity index is 1430. The van der Waals surface area contributed by atoms with Crippen LogP contribution in [0, 0.1) is 60.6 Å². The molecule has 0 aliphatic carbocycles. The number of nitrogens with one attached hydrogen (secondary N) is 1. The van der Waals surface area contributed by atoms with Crippen LogP contribution in [-0.2, 0) is 81.4 Å². The van der Waals surface area contributed by atoms with Crippen molar-refractivity contribution >= 4 is 43.7 Å². The van der Waals surface area contributed by atoms with Crippen LogP contribution in [0.15, 0.2) is 36.4 Å². The summed E-state index contributed by atoms with van der Waals surface area (Å²) in [6, 6.07) is 16.1. The summed E-state index contributed by atoms with van der Waals surface area (Å²) in [5.41, 5.74) is 18.4. The van der Waals surface area contributed by atoms with Gasteiger partial charge in [-0.1, -0.05) is 40.2 Å². The van der Waals surface area contributed by atoms with Crippen LogP contribution in [0.4, 0.5) is 4.79 Å². The molecule has 3 aromatic carbocycles. The van der Waals surface area contributed by atoms with Crippen molar-refractivity contribution in [1.82, 2.24) is 5.32 Å². The van der Waals surface area contributed by atoms with Gasteiger partial charge in [-0.3, -0.25) is 9.59 Å². The van der Waals surface area contributed by atoms with E-state index in [0.29, 0.717) is 11.1 Å². The van der Waals surface area contributed by atoms with Gasteiger partial charge in [-0.05, 0) is 63.4 Å². The van der Waals surface area contributed by atoms with Gasteiger partial charge in [-0.15, -0.1) is 0 Å². The van der Waals surface area contributed by atoms with Gasteiger partial charge in [0.25, 0.3) is 0 Å². The number of primary amides is 2. The van der Waals surface area contributed by atoms with Gasteiger partial charge in [0, 0.05) is 77.4 Å². The number of aryl methyl sites for hydroxylation is 7. The molecule has 13 heteroatoms. The molecule has 0 saturated carbocycles. The maximum atomic E-state index is 11.8. The largest absolute Gasteiger partial charge is 0.480 e. The van der Waals surface area contributed by atoms with Crippen LogP contribution < -0.4 is 16.8 Å². The number of nitrogens with two attached hydrogens (primary N) is 2. The van der Waals surface area contributed by atoms with Crippen LogP contribution in [0.2, 0.25) is 0 Å². The Morgan fingerprint density at radius 2 is 1.08 bits per heavy atom. The third kappa shape index (κ3) is 20.8. The molecule has 3 amide bonds. The van der Waals surface area contributed by atoms with Gasteiger partial charge in [0.1, 0.15) is 11.6 Å². The second-order valence-electron chi connectivity index (χ2n) is 11.8. The number of benzene rings is 3. The fourth-order valence-corrected chi connectivity index (χ4v) is 4.45. The Kier molecular flexibility index (Phi) is 27.2. The van der Waals surface area contributed by atoms with E-state index in [9.17, 15) is 24.3 Å². The van der Waals surface area contributed by atoms with E-state index in [1.54, 1.807) is 58.9 Å². The van der Waals surface area contributed by atoms with Crippen molar-refractivity contribution in [2.24, 2.45) is 11.5 Å². The molecule has 3 rings (SSSR count). The van der Waals surface area contributed by atoms with Crippen molar-refractivity contribution in [3.63, 3.8) is 0 Å². The number of ether oxygens (including phenoxy) is 1. The first-order chi connectivity index (χ1) is 20.2. The Labute approximate surface area is 343 Å². The number of carboxylic acid groups (broad SMARTS) is 1. The van der Waals surface area contributed by atoms with Crippen molar-refractivity contribution in [3.05, 3.63) is 104 Å². The first kappa shape index (κ1) is 53.2. The number of alkyl carbamates (subject to hydrolysis) is 1. The molecule has 3 aromatic rings. The molecular formula is C35H51N3O6P2Y2-2. The minimum absolute atomic E-state index is 0. The van der Waals surface area contributed by atoms with E-state index in [4.69, 9.17) is 16.2 Å². The van der Waals surface area contributed by atoms with Crippen LogP contribution in [0.5, 0.6) is 0 Å². The Morgan fingerprint density at radius 1 is 0.729 bits per heavy atom. The fourth-order valence-electron chi connectivity index (χ4n) is 4.45. The third-order valence-corrected chi connectivity index (χ3v) is 6.08. The van der Waals surface area contributed by atoms with Crippen LogP contribution in [-0.4, -0.2) is 40.6 Å². The summed E-state index contributed by atoms with van der Waals surface area (Å²) in [5.74, 6) is -2.10. The molecule has 0 heterocycles. The molecule has 2 unspecified atom stereocenters. The van der Waals surface area contributed by atoms with E-state index in [1.165, 1.54) is 16.7 Å². The predicted molar refractivity (Wildman–Crippen MR) is 194 cm³/mol. The van der Waals surface area contributed by atoms with E-state index >= 15 is 0 Å². The maximum Gasteiger partial charge on any atom is 0.408 e. The number of carbonyl (C=O) groups is 4. The van der Waals surface area contributed by atoms with Crippen molar-refractivity contribution in [2.75, 3.05) is 0 Å². The average molecular weight is 850 g/mol. The second kappa shape index (κ2) is 24.5. The van der Waals surface area contributed by atoms with Gasteiger partial charge < -0.3 is 26.6 Å². The number of carboxylic acids is 1. The summed E-state index contributed by atoms with van der Waals surface area (Å²) in [6.07, 6.45) is -0.718. The number of aliphatic carboxylic acids is 1. The number of rotatable bonds is 6. The topological polar surface area (TPSA) is 162 Å². The fraction of sp³-hybridized carbons (Fsp3) is 0.371. The molecule has 260 valence electrons. The van der Waals surface area contributed by atoms with Crippen LogP contribution in [0.25, 0.3) is 0 Å². The van der Waals surface area contributed by atoms with Gasteiger partial charge in [0.05, 0.1) is 0 Å². The minimum Gasteiger partial charge on any atom is -0.480 e. The first-order valence-corrected chi connectivity index (χ1v) is 14.1. The zero-order valence-electron chi connectivity index (χ0n) is 30.0. The monoisotopic (exact) mass is 849 g/mol. The van der Waals surface area contributed by atoms with E-state index in [2.05, 4.69) is 50.4 Å². The zero-order chi connectivity index (χ0) is 33.9. The maximum absolute atomic E-state index is 11.8. The summed E-state index contributed by atoms with van der Waals surface area (Å²) < 4.78 is 5.09. The van der Waals surface area contributed by atoms with E-state index in [-0.39, 0.29) is 97.5 Å². The summed E-state index contributed by atoms with van der Waals surface area (Å²) in [4.78, 5) is 45.3. The van der Waals surface area contributed by atoms with Crippen LogP contribution in [0.1, 0.15) is 86.0 Å². The normalized spacial score (nSPS) is 10.2. The molecule has 0 aliphatic rings. The van der Waals surface area contributed by atoms with Crippen molar-refractivity contribution in [2.45, 2.75) is 87.3 Å². The second-order valence-corrected chi connectivity index (χ2v) is 11.8. The summed E-state index contributed by atoms with van der Waals surface area (Å²) in [5, 5.41) is 11.7. The van der Waals surface area contributed by atoms with Crippen molar-refractivity contribution in [1.29, 1.82) is 0 Å². The van der Waals surface area contributed by atoms with E-state index in [1.807, 2.05) is 13.8 Å². The SMILES string of the molecule is Cc1[c-]c(C)cc(C(N)=O)c1.Cc1[c-]c(C)cc(C)c1.Cc1cc(C(N)=O)cc(C)c1C[C@H](NC(=O)OC(C)(C)C)C(=O)O.P.P.[Y].[Y]. The number of amides is 3. The van der Waals surface area contributed by atoms with E-state index in [0.717, 1.165) is 27.8 Å². The van der Waals surface area contributed by atoms with Crippen LogP contribution >= 0.6 is 19.8 Å². The Balaban J connectivity index is -0.000000336. The summed E-state index contributed by atoms with van der Waals surface area (Å²) in [7, 11) is 0. The van der Waals surface area contributed by atoms with Gasteiger partial charge in [0.2, 0.25) is 11.8 Å². The number of hydrogen-bond acceptors (Lipinski definition) is 5. The molecule has 3 atom stereocenters. The van der Waals surface area contributed by atoms with E-state index < -0.39 is 29.6 Å². The first-order valence-electron chi connectivity index (χ1n) is 14.1. The molecule has 2 radical (unpaired) electrons. The minimum atomic E-state index is -1.17. The molecule has 0 aromatic heterocycles. The Morgan fingerprint density at radius 3 is 1.40 bits per heavy atom. The molecule has 48 heavy (non-hydrogen) atoms. The van der Waals surface area contributed by atoms with Crippen LogP contribution in [0.3, 0.4) is 0 Å². The van der Waals surface area contributed by atoms with Gasteiger partial charge in [-0.25, -0.2) is 9.59 Å². The van der Waals surface area contributed by atoms with Crippen molar-refractivity contribution in [3.8, 4) is 0 Å². The molecular weight excluding hydrogens is 798 g/mol. The Hall–Kier alpha value is -1.59. The standard InChI is InChI=1S/C17H24N2O5.C9H10NO.C9H11.2H3P.2Y/c1-9-6-11(14(18)20)7-10(2)12(9)8-13(15(21)22)19-16(23)24-17(3,4)5;1-6-3-7(2)5-8(4-6)9(10)11;1-7-4-8(2)6-9(3)5-7;;;;/h6-7,13H,8H2,1-5H3,(H2,18,20)(H,19,23)(H,21,22);4-5H,1-2H3,(H2,10,11);4-5H,1-3H3;2*1H3;;/q;2*-1;;;;/t13-;;;;;;/m0....../s1. The number of carbonyl (C=O) groups excluding carboxylic acids is 3. The third-order valence-electron chi connectivity index (χ3n) is 6.08. The predicted octanol–water partition coefficient (Wildman–Crippen LogP) is 5.65. The van der Waals surface area contributed by atoms with Crippen molar-refractivity contribution < 1.29 is 94.4 Å². The van der Waals surface area contributed by atoms with Gasteiger partial charge in [-0.2, -0.15) is 84.0 Å². The summed E-state index contributed by atoms with van der Waals surface area (Å²) in [6.45, 7) is 18.6. The molecule has 0 fully saturated rings. The zero-order valence-corrected chi connectivity index (χ0v) is 38.5. The number of hydrogen-bond donors (Lipinski definition) is 4. The summed E-state index contributed by atoms with van der Waals surface area (Å²) >= 11 is 0. The molecule has 0 saturated heterocycles. The van der Waals surface area contributed by atoms with Gasteiger partial charge >= 0.3 is 12.1 Å².